The van der Waals surface area contributed by atoms with E-state index in [0.717, 1.165) is 18.3 Å². The maximum absolute atomic E-state index is 11.4. The van der Waals surface area contributed by atoms with Gasteiger partial charge in [-0.1, -0.05) is 13.8 Å². The number of hydrogen-bond donors (Lipinski definition) is 1. The predicted octanol–water partition coefficient (Wildman–Crippen LogP) is 2.34. The standard InChI is InChI=1S/C12H21NO/c1-8(2)9-5-12(6-9)7-10(14)13-11(12,3)4/h8-9H,5-7H2,1-4H3,(H,13,14). The maximum atomic E-state index is 11.4. The minimum Gasteiger partial charge on any atom is -0.351 e. The Kier molecular flexibility index (Phi) is 1.96. The molecule has 2 heteroatoms. The van der Waals surface area contributed by atoms with Gasteiger partial charge in [0.2, 0.25) is 5.91 Å². The first-order valence-corrected chi connectivity index (χ1v) is 5.67. The summed E-state index contributed by atoms with van der Waals surface area (Å²) in [4.78, 5) is 11.4. The number of amides is 1. The van der Waals surface area contributed by atoms with Crippen molar-refractivity contribution in [1.82, 2.24) is 5.32 Å². The van der Waals surface area contributed by atoms with Gasteiger partial charge in [0.15, 0.2) is 0 Å². The molecule has 1 spiro atoms. The van der Waals surface area contributed by atoms with Crippen LogP contribution in [0.4, 0.5) is 0 Å². The van der Waals surface area contributed by atoms with Gasteiger partial charge in [-0.15, -0.1) is 0 Å². The van der Waals surface area contributed by atoms with Crippen LogP contribution in [0.5, 0.6) is 0 Å². The third kappa shape index (κ3) is 1.19. The fraction of sp³-hybridized carbons (Fsp3) is 0.917. The number of carbonyl (C=O) groups excluding carboxylic acids is 1. The second-order valence-electron chi connectivity index (χ2n) is 6.04. The average Bonchev–Trinajstić information content (AvgIpc) is 2.15. The highest BCUT2D eigenvalue weighted by molar-refractivity contribution is 5.81. The fourth-order valence-electron chi connectivity index (χ4n) is 3.12. The fourth-order valence-corrected chi connectivity index (χ4v) is 3.12. The van der Waals surface area contributed by atoms with Crippen LogP contribution in [0.15, 0.2) is 0 Å². The first-order chi connectivity index (χ1) is 6.36. The van der Waals surface area contributed by atoms with Gasteiger partial charge in [0.1, 0.15) is 0 Å². The molecule has 2 fully saturated rings. The Morgan fingerprint density at radius 1 is 1.36 bits per heavy atom. The molecule has 0 aromatic rings. The summed E-state index contributed by atoms with van der Waals surface area (Å²) in [7, 11) is 0. The zero-order valence-corrected chi connectivity index (χ0v) is 9.68. The molecular formula is C12H21NO. The van der Waals surface area contributed by atoms with Crippen LogP contribution in [0.25, 0.3) is 0 Å². The highest BCUT2D eigenvalue weighted by Crippen LogP contribution is 2.59. The van der Waals surface area contributed by atoms with E-state index < -0.39 is 0 Å². The summed E-state index contributed by atoms with van der Waals surface area (Å²) in [6.07, 6.45) is 3.22. The zero-order valence-electron chi connectivity index (χ0n) is 9.68. The summed E-state index contributed by atoms with van der Waals surface area (Å²) in [5, 5.41) is 3.11. The van der Waals surface area contributed by atoms with Crippen LogP contribution >= 0.6 is 0 Å². The molecule has 0 aromatic heterocycles. The summed E-state index contributed by atoms with van der Waals surface area (Å²) >= 11 is 0. The second-order valence-corrected chi connectivity index (χ2v) is 6.04. The van der Waals surface area contributed by atoms with Crippen molar-refractivity contribution in [3.8, 4) is 0 Å². The molecule has 1 saturated heterocycles. The lowest BCUT2D eigenvalue weighted by Gasteiger charge is -2.53. The molecule has 0 unspecified atom stereocenters. The third-order valence-corrected chi connectivity index (χ3v) is 4.53. The molecule has 0 atom stereocenters. The molecule has 1 saturated carbocycles. The molecule has 2 aliphatic rings. The zero-order chi connectivity index (χ0) is 10.6. The lowest BCUT2D eigenvalue weighted by atomic mass is 9.52. The van der Waals surface area contributed by atoms with Gasteiger partial charge in [0.05, 0.1) is 0 Å². The van der Waals surface area contributed by atoms with Crippen LogP contribution in [0.1, 0.15) is 47.0 Å². The van der Waals surface area contributed by atoms with Gasteiger partial charge in [-0.25, -0.2) is 0 Å². The number of rotatable bonds is 1. The Hall–Kier alpha value is -0.530. The van der Waals surface area contributed by atoms with Gasteiger partial charge in [-0.3, -0.25) is 4.79 Å². The van der Waals surface area contributed by atoms with Crippen LogP contribution < -0.4 is 5.32 Å². The Morgan fingerprint density at radius 3 is 2.29 bits per heavy atom. The van der Waals surface area contributed by atoms with Crippen LogP contribution in [-0.2, 0) is 4.79 Å². The molecule has 14 heavy (non-hydrogen) atoms. The summed E-state index contributed by atoms with van der Waals surface area (Å²) in [6.45, 7) is 8.92. The minimum atomic E-state index is 0.0233. The van der Waals surface area contributed by atoms with Crippen molar-refractivity contribution in [1.29, 1.82) is 0 Å². The second kappa shape index (κ2) is 2.74. The van der Waals surface area contributed by atoms with Gasteiger partial charge in [0.25, 0.3) is 0 Å². The van der Waals surface area contributed by atoms with E-state index in [9.17, 15) is 4.79 Å². The molecule has 1 N–H and O–H groups in total. The van der Waals surface area contributed by atoms with Crippen molar-refractivity contribution in [2.75, 3.05) is 0 Å². The van der Waals surface area contributed by atoms with Gasteiger partial charge in [0, 0.05) is 17.4 Å². The van der Waals surface area contributed by atoms with E-state index in [0.29, 0.717) is 0 Å². The van der Waals surface area contributed by atoms with Crippen LogP contribution in [0, 0.1) is 17.3 Å². The molecule has 1 aliphatic carbocycles. The van der Waals surface area contributed by atoms with Crippen LogP contribution in [0.2, 0.25) is 0 Å². The average molecular weight is 195 g/mol. The van der Waals surface area contributed by atoms with Gasteiger partial charge in [-0.05, 0) is 38.5 Å². The molecule has 0 bridgehead atoms. The SMILES string of the molecule is CC(C)C1CC2(CC(=O)NC2(C)C)C1. The summed E-state index contributed by atoms with van der Waals surface area (Å²) in [5.74, 6) is 1.85. The quantitative estimate of drug-likeness (QED) is 0.683. The maximum Gasteiger partial charge on any atom is 0.221 e. The summed E-state index contributed by atoms with van der Waals surface area (Å²) in [5.41, 5.74) is 0.300. The first kappa shape index (κ1) is 10.0. The van der Waals surface area contributed by atoms with Gasteiger partial charge >= 0.3 is 0 Å². The smallest absolute Gasteiger partial charge is 0.221 e. The lowest BCUT2D eigenvalue weighted by molar-refractivity contribution is -0.120. The van der Waals surface area contributed by atoms with Crippen molar-refractivity contribution in [3.05, 3.63) is 0 Å². The largest absolute Gasteiger partial charge is 0.351 e. The Morgan fingerprint density at radius 2 is 1.93 bits per heavy atom. The lowest BCUT2D eigenvalue weighted by Crippen LogP contribution is -2.54. The van der Waals surface area contributed by atoms with Crippen molar-refractivity contribution < 1.29 is 4.79 Å². The molecular weight excluding hydrogens is 174 g/mol. The van der Waals surface area contributed by atoms with Crippen molar-refractivity contribution in [3.63, 3.8) is 0 Å². The number of carbonyl (C=O) groups is 1. The Labute approximate surface area is 86.5 Å². The first-order valence-electron chi connectivity index (χ1n) is 5.67. The molecule has 80 valence electrons. The van der Waals surface area contributed by atoms with E-state index in [-0.39, 0.29) is 16.9 Å². The van der Waals surface area contributed by atoms with Crippen molar-refractivity contribution >= 4 is 5.91 Å². The van der Waals surface area contributed by atoms with Gasteiger partial charge < -0.3 is 5.32 Å². The predicted molar refractivity (Wildman–Crippen MR) is 56.8 cm³/mol. The molecule has 0 aromatic carbocycles. The van der Waals surface area contributed by atoms with Crippen LogP contribution in [-0.4, -0.2) is 11.4 Å². The number of hydrogen-bond acceptors (Lipinski definition) is 1. The van der Waals surface area contributed by atoms with Gasteiger partial charge in [-0.2, -0.15) is 0 Å². The summed E-state index contributed by atoms with van der Waals surface area (Å²) < 4.78 is 0. The molecule has 1 amide bonds. The van der Waals surface area contributed by atoms with E-state index in [1.807, 2.05) is 0 Å². The molecule has 1 aliphatic heterocycles. The summed E-state index contributed by atoms with van der Waals surface area (Å²) in [6, 6.07) is 0. The van der Waals surface area contributed by atoms with E-state index in [1.165, 1.54) is 12.8 Å². The van der Waals surface area contributed by atoms with E-state index in [4.69, 9.17) is 0 Å². The molecule has 2 rings (SSSR count). The highest BCUT2D eigenvalue weighted by atomic mass is 16.2. The van der Waals surface area contributed by atoms with Crippen molar-refractivity contribution in [2.24, 2.45) is 17.3 Å². The normalized spacial score (nSPS) is 40.1. The monoisotopic (exact) mass is 195 g/mol. The molecule has 0 radical (unpaired) electrons. The molecule has 1 heterocycles. The van der Waals surface area contributed by atoms with E-state index in [1.54, 1.807) is 0 Å². The third-order valence-electron chi connectivity index (χ3n) is 4.53. The van der Waals surface area contributed by atoms with E-state index >= 15 is 0 Å². The topological polar surface area (TPSA) is 29.1 Å². The number of nitrogens with one attached hydrogen (secondary N) is 1. The van der Waals surface area contributed by atoms with E-state index in [2.05, 4.69) is 33.0 Å². The molecule has 2 nitrogen and oxygen atoms in total. The highest BCUT2D eigenvalue weighted by Gasteiger charge is 2.59. The minimum absolute atomic E-state index is 0.0233. The van der Waals surface area contributed by atoms with Crippen molar-refractivity contribution in [2.45, 2.75) is 52.5 Å². The van der Waals surface area contributed by atoms with Crippen LogP contribution in [0.3, 0.4) is 0 Å². The Balaban J connectivity index is 2.10. The Bertz CT molecular complexity index is 261.